The molecule has 70 valence electrons. The molecule has 13 heavy (non-hydrogen) atoms. The molecule has 4 heteroatoms. The molecule has 0 radical (unpaired) electrons. The molecule has 0 aliphatic heterocycles. The zero-order valence-electron chi connectivity index (χ0n) is 7.70. The monoisotopic (exact) mass is 180 g/mol. The zero-order chi connectivity index (χ0) is 9.68. The van der Waals surface area contributed by atoms with Gasteiger partial charge < -0.3 is 4.42 Å². The number of nitrogens with one attached hydrogen (secondary N) is 1. The van der Waals surface area contributed by atoms with Gasteiger partial charge in [-0.2, -0.15) is 5.10 Å². The van der Waals surface area contributed by atoms with Crippen molar-refractivity contribution in [2.45, 2.75) is 20.3 Å². The Balaban J connectivity index is 2.45. The fraction of sp³-hybridized carbons (Fsp3) is 0.333. The van der Waals surface area contributed by atoms with Crippen LogP contribution in [0, 0.1) is 6.92 Å². The molecule has 0 saturated carbocycles. The molecule has 0 spiro atoms. The van der Waals surface area contributed by atoms with E-state index in [0.29, 0.717) is 12.2 Å². The molecule has 0 fully saturated rings. The molecule has 1 aromatic heterocycles. The van der Waals surface area contributed by atoms with Crippen LogP contribution in [0.5, 0.6) is 0 Å². The van der Waals surface area contributed by atoms with Gasteiger partial charge in [-0.3, -0.25) is 4.79 Å². The van der Waals surface area contributed by atoms with Crippen LogP contribution in [0.4, 0.5) is 0 Å². The maximum absolute atomic E-state index is 10.8. The van der Waals surface area contributed by atoms with Crippen LogP contribution in [0.15, 0.2) is 21.7 Å². The SMILES string of the molecule is CCC(=O)NN=Cc1ccc(C)o1. The van der Waals surface area contributed by atoms with Gasteiger partial charge in [0.1, 0.15) is 11.5 Å². The van der Waals surface area contributed by atoms with Gasteiger partial charge in [-0.15, -0.1) is 0 Å². The molecule has 0 unspecified atom stereocenters. The average Bonchev–Trinajstić information content (AvgIpc) is 2.51. The van der Waals surface area contributed by atoms with Crippen molar-refractivity contribution < 1.29 is 9.21 Å². The molecule has 1 rings (SSSR count). The van der Waals surface area contributed by atoms with Crippen LogP contribution >= 0.6 is 0 Å². The van der Waals surface area contributed by atoms with E-state index in [1.807, 2.05) is 13.0 Å². The third kappa shape index (κ3) is 3.11. The second-order valence-electron chi connectivity index (χ2n) is 2.60. The molecule has 0 atom stereocenters. The molecule has 0 aliphatic rings. The van der Waals surface area contributed by atoms with Gasteiger partial charge in [0.25, 0.3) is 0 Å². The molecule has 0 bridgehead atoms. The number of hydrogen-bond acceptors (Lipinski definition) is 3. The fourth-order valence-electron chi connectivity index (χ4n) is 0.770. The second-order valence-corrected chi connectivity index (χ2v) is 2.60. The van der Waals surface area contributed by atoms with E-state index >= 15 is 0 Å². The predicted molar refractivity (Wildman–Crippen MR) is 49.5 cm³/mol. The third-order valence-electron chi connectivity index (χ3n) is 1.46. The minimum atomic E-state index is -0.112. The number of amides is 1. The lowest BCUT2D eigenvalue weighted by Crippen LogP contribution is -2.15. The minimum Gasteiger partial charge on any atom is -0.460 e. The van der Waals surface area contributed by atoms with Crippen LogP contribution in [0.1, 0.15) is 24.9 Å². The molecule has 0 aliphatic carbocycles. The summed E-state index contributed by atoms with van der Waals surface area (Å²) in [7, 11) is 0. The van der Waals surface area contributed by atoms with Gasteiger partial charge in [0.05, 0.1) is 6.21 Å². The van der Waals surface area contributed by atoms with E-state index in [1.165, 1.54) is 6.21 Å². The highest BCUT2D eigenvalue weighted by Gasteiger charge is 1.94. The number of rotatable bonds is 3. The molecule has 1 N–H and O–H groups in total. The molecule has 1 amide bonds. The first-order valence-corrected chi connectivity index (χ1v) is 4.10. The van der Waals surface area contributed by atoms with Crippen molar-refractivity contribution in [1.82, 2.24) is 5.43 Å². The Kier molecular flexibility index (Phi) is 3.25. The first-order chi connectivity index (χ1) is 6.22. The smallest absolute Gasteiger partial charge is 0.239 e. The second kappa shape index (κ2) is 4.45. The van der Waals surface area contributed by atoms with E-state index in [4.69, 9.17) is 4.42 Å². The van der Waals surface area contributed by atoms with E-state index in [1.54, 1.807) is 13.0 Å². The van der Waals surface area contributed by atoms with E-state index < -0.39 is 0 Å². The summed E-state index contributed by atoms with van der Waals surface area (Å²) in [6.45, 7) is 3.61. The fourth-order valence-corrected chi connectivity index (χ4v) is 0.770. The normalized spacial score (nSPS) is 10.6. The van der Waals surface area contributed by atoms with Gasteiger partial charge in [-0.1, -0.05) is 6.92 Å². The van der Waals surface area contributed by atoms with Crippen molar-refractivity contribution in [3.63, 3.8) is 0 Å². The van der Waals surface area contributed by atoms with Crippen LogP contribution in [0.25, 0.3) is 0 Å². The first-order valence-electron chi connectivity index (χ1n) is 4.10. The maximum atomic E-state index is 10.8. The Morgan fingerprint density at radius 1 is 1.69 bits per heavy atom. The van der Waals surface area contributed by atoms with E-state index in [-0.39, 0.29) is 5.91 Å². The summed E-state index contributed by atoms with van der Waals surface area (Å²) >= 11 is 0. The lowest BCUT2D eigenvalue weighted by atomic mass is 10.4. The van der Waals surface area contributed by atoms with Crippen LogP contribution < -0.4 is 5.43 Å². The minimum absolute atomic E-state index is 0.112. The quantitative estimate of drug-likeness (QED) is 0.565. The molecule has 1 aromatic rings. The summed E-state index contributed by atoms with van der Waals surface area (Å²) in [5, 5.41) is 3.71. The number of carbonyl (C=O) groups excluding carboxylic acids is 1. The summed E-state index contributed by atoms with van der Waals surface area (Å²) in [5.41, 5.74) is 2.36. The average molecular weight is 180 g/mol. The molecule has 0 saturated heterocycles. The Labute approximate surface area is 76.6 Å². The summed E-state index contributed by atoms with van der Waals surface area (Å²) in [4.78, 5) is 10.8. The topological polar surface area (TPSA) is 54.6 Å². The van der Waals surface area contributed by atoms with Gasteiger partial charge in [0, 0.05) is 6.42 Å². The van der Waals surface area contributed by atoms with Gasteiger partial charge in [-0.25, -0.2) is 5.43 Å². The first kappa shape index (κ1) is 9.51. The summed E-state index contributed by atoms with van der Waals surface area (Å²) in [6, 6.07) is 3.62. The number of nitrogens with zero attached hydrogens (tertiary/aromatic N) is 1. The van der Waals surface area contributed by atoms with Crippen LogP contribution in [0.3, 0.4) is 0 Å². The van der Waals surface area contributed by atoms with Crippen molar-refractivity contribution in [3.8, 4) is 0 Å². The standard InChI is InChI=1S/C9H12N2O2/c1-3-9(12)11-10-6-8-5-4-7(2)13-8/h4-6H,3H2,1-2H3,(H,11,12). The lowest BCUT2D eigenvalue weighted by molar-refractivity contribution is -0.120. The molecule has 1 heterocycles. The molecule has 4 nitrogen and oxygen atoms in total. The molecular formula is C9H12N2O2. The lowest BCUT2D eigenvalue weighted by Gasteiger charge is -1.91. The van der Waals surface area contributed by atoms with Crippen molar-refractivity contribution in [2.24, 2.45) is 5.10 Å². The van der Waals surface area contributed by atoms with E-state index in [0.717, 1.165) is 5.76 Å². The molecule has 0 aromatic carbocycles. The number of furan rings is 1. The summed E-state index contributed by atoms with van der Waals surface area (Å²) < 4.78 is 5.20. The third-order valence-corrected chi connectivity index (χ3v) is 1.46. The van der Waals surface area contributed by atoms with Crippen LogP contribution in [-0.2, 0) is 4.79 Å². The largest absolute Gasteiger partial charge is 0.460 e. The number of hydrazone groups is 1. The maximum Gasteiger partial charge on any atom is 0.239 e. The highest BCUT2D eigenvalue weighted by atomic mass is 16.3. The van der Waals surface area contributed by atoms with Crippen molar-refractivity contribution in [2.75, 3.05) is 0 Å². The van der Waals surface area contributed by atoms with Crippen LogP contribution in [-0.4, -0.2) is 12.1 Å². The zero-order valence-corrected chi connectivity index (χ0v) is 7.70. The highest BCUT2D eigenvalue weighted by Crippen LogP contribution is 2.02. The van der Waals surface area contributed by atoms with Gasteiger partial charge in [0.2, 0.25) is 5.91 Å². The Hall–Kier alpha value is -1.58. The van der Waals surface area contributed by atoms with Crippen molar-refractivity contribution in [1.29, 1.82) is 0 Å². The highest BCUT2D eigenvalue weighted by molar-refractivity contribution is 5.80. The Bertz CT molecular complexity index is 315. The summed E-state index contributed by atoms with van der Waals surface area (Å²) in [6.07, 6.45) is 1.90. The number of hydrogen-bond donors (Lipinski definition) is 1. The van der Waals surface area contributed by atoms with E-state index in [9.17, 15) is 4.79 Å². The van der Waals surface area contributed by atoms with Crippen molar-refractivity contribution >= 4 is 12.1 Å². The number of carbonyl (C=O) groups is 1. The number of aryl methyl sites for hydroxylation is 1. The van der Waals surface area contributed by atoms with Gasteiger partial charge in [0.15, 0.2) is 0 Å². The Morgan fingerprint density at radius 3 is 3.00 bits per heavy atom. The van der Waals surface area contributed by atoms with Crippen LogP contribution in [0.2, 0.25) is 0 Å². The predicted octanol–water partition coefficient (Wildman–Crippen LogP) is 1.45. The summed E-state index contributed by atoms with van der Waals surface area (Å²) in [5.74, 6) is 1.34. The molecular weight excluding hydrogens is 168 g/mol. The van der Waals surface area contributed by atoms with Gasteiger partial charge in [-0.05, 0) is 19.1 Å². The Morgan fingerprint density at radius 2 is 2.46 bits per heavy atom. The van der Waals surface area contributed by atoms with E-state index in [2.05, 4.69) is 10.5 Å². The van der Waals surface area contributed by atoms with Crippen molar-refractivity contribution in [3.05, 3.63) is 23.7 Å². The van der Waals surface area contributed by atoms with Gasteiger partial charge >= 0.3 is 0 Å².